The molecule has 0 spiro atoms. The molecule has 1 unspecified atom stereocenters. The molecule has 0 aromatic heterocycles. The average Bonchev–Trinajstić information content (AvgIpc) is 2.00. The molecule has 0 aliphatic carbocycles. The van der Waals surface area contributed by atoms with Crippen molar-refractivity contribution in [2.45, 2.75) is 12.7 Å². The lowest BCUT2D eigenvalue weighted by molar-refractivity contribution is -0.909. The van der Waals surface area contributed by atoms with Crippen molar-refractivity contribution in [1.29, 1.82) is 0 Å². The van der Waals surface area contributed by atoms with E-state index < -0.39 is 6.29 Å². The highest BCUT2D eigenvalue weighted by Gasteiger charge is 2.22. The van der Waals surface area contributed by atoms with Crippen LogP contribution < -0.4 is 0 Å². The standard InChI is InChI=1S/C9H20NO3/c1-3-5-10(2,6-4-7-11)8-9(12)13/h3,9,11-13H,1,4-8H2,2H3/q+1. The van der Waals surface area contributed by atoms with E-state index in [0.29, 0.717) is 17.4 Å². The summed E-state index contributed by atoms with van der Waals surface area (Å²) >= 11 is 0. The first kappa shape index (κ1) is 12.6. The minimum absolute atomic E-state index is 0.131. The number of nitrogens with zero attached hydrogens (tertiary/aromatic N) is 1. The minimum Gasteiger partial charge on any atom is -0.396 e. The summed E-state index contributed by atoms with van der Waals surface area (Å²) in [5, 5.41) is 26.4. The van der Waals surface area contributed by atoms with Gasteiger partial charge >= 0.3 is 0 Å². The molecule has 0 radical (unpaired) electrons. The van der Waals surface area contributed by atoms with E-state index in [9.17, 15) is 0 Å². The van der Waals surface area contributed by atoms with E-state index >= 15 is 0 Å². The Morgan fingerprint density at radius 2 is 2.08 bits per heavy atom. The summed E-state index contributed by atoms with van der Waals surface area (Å²) in [5.74, 6) is 0. The van der Waals surface area contributed by atoms with E-state index in [4.69, 9.17) is 15.3 Å². The third-order valence-electron chi connectivity index (χ3n) is 2.03. The molecule has 0 fully saturated rings. The van der Waals surface area contributed by atoms with Crippen LogP contribution >= 0.6 is 0 Å². The Hall–Kier alpha value is -0.420. The molecule has 3 N–H and O–H groups in total. The van der Waals surface area contributed by atoms with E-state index in [0.717, 1.165) is 6.54 Å². The zero-order chi connectivity index (χ0) is 10.3. The van der Waals surface area contributed by atoms with Crippen LogP contribution in [0.15, 0.2) is 12.7 Å². The third-order valence-corrected chi connectivity index (χ3v) is 2.03. The summed E-state index contributed by atoms with van der Waals surface area (Å²) in [5.41, 5.74) is 0. The van der Waals surface area contributed by atoms with Crippen LogP contribution in [0.3, 0.4) is 0 Å². The summed E-state index contributed by atoms with van der Waals surface area (Å²) < 4.78 is 0.502. The first-order chi connectivity index (χ1) is 6.04. The maximum atomic E-state index is 8.86. The lowest BCUT2D eigenvalue weighted by Gasteiger charge is -2.33. The van der Waals surface area contributed by atoms with Gasteiger partial charge in [0.25, 0.3) is 0 Å². The second kappa shape index (κ2) is 6.10. The van der Waals surface area contributed by atoms with Crippen molar-refractivity contribution < 1.29 is 19.8 Å². The highest BCUT2D eigenvalue weighted by atomic mass is 16.5. The third kappa shape index (κ3) is 5.76. The number of aliphatic hydroxyl groups is 3. The van der Waals surface area contributed by atoms with Crippen molar-refractivity contribution in [3.63, 3.8) is 0 Å². The fourth-order valence-electron chi connectivity index (χ4n) is 1.42. The van der Waals surface area contributed by atoms with Crippen molar-refractivity contribution in [2.24, 2.45) is 0 Å². The fraction of sp³-hybridized carbons (Fsp3) is 0.778. The fourth-order valence-corrected chi connectivity index (χ4v) is 1.42. The summed E-state index contributed by atoms with van der Waals surface area (Å²) in [7, 11) is 1.91. The van der Waals surface area contributed by atoms with E-state index in [-0.39, 0.29) is 13.2 Å². The lowest BCUT2D eigenvalue weighted by atomic mass is 10.3. The molecular formula is C9H20NO3+. The Morgan fingerprint density at radius 3 is 2.46 bits per heavy atom. The largest absolute Gasteiger partial charge is 0.396 e. The van der Waals surface area contributed by atoms with Crippen LogP contribution in [0, 0.1) is 0 Å². The Balaban J connectivity index is 4.06. The van der Waals surface area contributed by atoms with Crippen molar-refractivity contribution in [3.05, 3.63) is 12.7 Å². The second-order valence-electron chi connectivity index (χ2n) is 3.55. The lowest BCUT2D eigenvalue weighted by Crippen LogP contribution is -2.49. The van der Waals surface area contributed by atoms with E-state index in [1.165, 1.54) is 0 Å². The Labute approximate surface area is 79.3 Å². The summed E-state index contributed by atoms with van der Waals surface area (Å²) in [6, 6.07) is 0. The van der Waals surface area contributed by atoms with Crippen molar-refractivity contribution >= 4 is 0 Å². The quantitative estimate of drug-likeness (QED) is 0.283. The van der Waals surface area contributed by atoms with Gasteiger partial charge in [-0.3, -0.25) is 0 Å². The molecule has 13 heavy (non-hydrogen) atoms. The summed E-state index contributed by atoms with van der Waals surface area (Å²) in [6.07, 6.45) is 1.11. The molecule has 0 bridgehead atoms. The normalized spacial score (nSPS) is 15.8. The number of likely N-dealkylation sites (N-methyl/N-ethyl adjacent to an activating group) is 1. The van der Waals surface area contributed by atoms with Crippen molar-refractivity contribution in [1.82, 2.24) is 0 Å². The van der Waals surface area contributed by atoms with E-state index in [1.54, 1.807) is 6.08 Å². The van der Waals surface area contributed by atoms with Gasteiger partial charge in [0, 0.05) is 13.0 Å². The Kier molecular flexibility index (Phi) is 5.90. The van der Waals surface area contributed by atoms with Gasteiger partial charge in [-0.25, -0.2) is 0 Å². The average molecular weight is 190 g/mol. The van der Waals surface area contributed by atoms with Gasteiger partial charge < -0.3 is 19.8 Å². The van der Waals surface area contributed by atoms with Gasteiger partial charge in [-0.2, -0.15) is 0 Å². The van der Waals surface area contributed by atoms with Crippen LogP contribution in [0.5, 0.6) is 0 Å². The number of quaternary nitrogens is 1. The molecule has 0 aliphatic heterocycles. The first-order valence-electron chi connectivity index (χ1n) is 4.45. The zero-order valence-corrected chi connectivity index (χ0v) is 8.19. The van der Waals surface area contributed by atoms with Gasteiger partial charge in [-0.1, -0.05) is 6.58 Å². The first-order valence-corrected chi connectivity index (χ1v) is 4.45. The molecule has 0 aliphatic rings. The van der Waals surface area contributed by atoms with Gasteiger partial charge in [0.2, 0.25) is 6.29 Å². The highest BCUT2D eigenvalue weighted by molar-refractivity contribution is 4.65. The number of hydrogen-bond acceptors (Lipinski definition) is 3. The molecule has 4 heteroatoms. The van der Waals surface area contributed by atoms with Crippen LogP contribution in [0.1, 0.15) is 6.42 Å². The predicted octanol–water partition coefficient (Wildman–Crippen LogP) is -0.688. The Bertz CT molecular complexity index is 150. The maximum Gasteiger partial charge on any atom is 0.202 e. The van der Waals surface area contributed by atoms with Crippen LogP contribution in [-0.4, -0.2) is 59.4 Å². The van der Waals surface area contributed by atoms with Gasteiger partial charge in [0.15, 0.2) is 0 Å². The zero-order valence-electron chi connectivity index (χ0n) is 8.19. The Morgan fingerprint density at radius 1 is 1.46 bits per heavy atom. The molecule has 0 heterocycles. The van der Waals surface area contributed by atoms with Crippen LogP contribution in [0.2, 0.25) is 0 Å². The molecule has 0 saturated carbocycles. The van der Waals surface area contributed by atoms with Crippen LogP contribution in [0.25, 0.3) is 0 Å². The van der Waals surface area contributed by atoms with Crippen LogP contribution in [0.4, 0.5) is 0 Å². The van der Waals surface area contributed by atoms with Crippen molar-refractivity contribution in [3.8, 4) is 0 Å². The van der Waals surface area contributed by atoms with Gasteiger partial charge in [-0.15, -0.1) is 0 Å². The van der Waals surface area contributed by atoms with Crippen molar-refractivity contribution in [2.75, 3.05) is 33.3 Å². The number of hydrogen-bond donors (Lipinski definition) is 3. The molecule has 0 saturated heterocycles. The SMILES string of the molecule is C=CC[N+](C)(CCCO)CC(O)O. The smallest absolute Gasteiger partial charge is 0.202 e. The molecule has 78 valence electrons. The second-order valence-corrected chi connectivity index (χ2v) is 3.55. The van der Waals surface area contributed by atoms with Gasteiger partial charge in [-0.05, 0) is 6.08 Å². The molecule has 1 atom stereocenters. The molecule has 0 amide bonds. The van der Waals surface area contributed by atoms with E-state index in [2.05, 4.69) is 6.58 Å². The highest BCUT2D eigenvalue weighted by Crippen LogP contribution is 2.05. The molecule has 0 aromatic carbocycles. The monoisotopic (exact) mass is 190 g/mol. The number of rotatable bonds is 7. The van der Waals surface area contributed by atoms with Crippen LogP contribution in [-0.2, 0) is 0 Å². The summed E-state index contributed by atoms with van der Waals surface area (Å²) in [4.78, 5) is 0. The van der Waals surface area contributed by atoms with E-state index in [1.807, 2.05) is 7.05 Å². The van der Waals surface area contributed by atoms with Gasteiger partial charge in [0.1, 0.15) is 6.54 Å². The maximum absolute atomic E-state index is 8.86. The number of aliphatic hydroxyl groups excluding tert-OH is 2. The molecule has 0 aromatic rings. The summed E-state index contributed by atoms with van der Waals surface area (Å²) in [6.45, 7) is 5.42. The minimum atomic E-state index is -1.30. The molecule has 4 nitrogen and oxygen atoms in total. The predicted molar refractivity (Wildman–Crippen MR) is 50.9 cm³/mol. The molecular weight excluding hydrogens is 170 g/mol. The molecule has 0 rings (SSSR count). The van der Waals surface area contributed by atoms with Gasteiger partial charge in [0.05, 0.1) is 20.1 Å². The topological polar surface area (TPSA) is 60.7 Å².